The van der Waals surface area contributed by atoms with Gasteiger partial charge in [0.05, 0.1) is 0 Å². The Morgan fingerprint density at radius 3 is 1.40 bits per heavy atom. The quantitative estimate of drug-likeness (QED) is 0.508. The van der Waals surface area contributed by atoms with Gasteiger partial charge in [-0.15, -0.1) is 0 Å². The van der Waals surface area contributed by atoms with E-state index in [2.05, 4.69) is 6.92 Å². The number of rotatable bonds is 12. The van der Waals surface area contributed by atoms with Crippen molar-refractivity contribution in [2.45, 2.75) is 84.0 Å². The van der Waals surface area contributed by atoms with E-state index in [1.165, 1.54) is 64.2 Å². The van der Waals surface area contributed by atoms with Gasteiger partial charge in [-0.3, -0.25) is 4.79 Å². The molecule has 4 nitrogen and oxygen atoms in total. The van der Waals surface area contributed by atoms with Crippen LogP contribution in [-0.2, 0) is 4.79 Å². The topological polar surface area (TPSA) is 83.3 Å². The normalized spacial score (nSPS) is 9.55. The molecule has 0 aliphatic heterocycles. The van der Waals surface area contributed by atoms with E-state index in [-0.39, 0.29) is 16.9 Å². The van der Waals surface area contributed by atoms with Crippen molar-refractivity contribution in [2.75, 3.05) is 14.1 Å². The third kappa shape index (κ3) is 17.4. The lowest BCUT2D eigenvalue weighted by Gasteiger charge is -2.09. The molecule has 0 spiro atoms. The third-order valence-electron chi connectivity index (χ3n) is 3.49. The summed E-state index contributed by atoms with van der Waals surface area (Å²) in [7, 11) is 3.67. The molecular weight excluding hydrogens is 254 g/mol. The molecule has 0 saturated carbocycles. The fourth-order valence-electron chi connectivity index (χ4n) is 2.16. The van der Waals surface area contributed by atoms with Crippen molar-refractivity contribution >= 4 is 5.91 Å². The summed E-state index contributed by atoms with van der Waals surface area (Å²) in [5.41, 5.74) is 0. The zero-order valence-electron chi connectivity index (χ0n) is 13.8. The number of amides is 1. The SMILES string of the molecule is CCCCCCCCCCCCCC(=O)N(C)C.O.O. The molecule has 20 heavy (non-hydrogen) atoms. The second-order valence-electron chi connectivity index (χ2n) is 5.57. The Kier molecular flexibility index (Phi) is 22.4. The Labute approximate surface area is 125 Å². The molecule has 0 atom stereocenters. The molecule has 4 N–H and O–H groups in total. The second-order valence-corrected chi connectivity index (χ2v) is 5.57. The van der Waals surface area contributed by atoms with E-state index in [0.29, 0.717) is 0 Å². The minimum Gasteiger partial charge on any atom is -0.412 e. The van der Waals surface area contributed by atoms with Crippen LogP contribution >= 0.6 is 0 Å². The Morgan fingerprint density at radius 2 is 1.05 bits per heavy atom. The summed E-state index contributed by atoms with van der Waals surface area (Å²) in [5.74, 6) is 0.269. The molecular formula is C16H37NO3. The summed E-state index contributed by atoms with van der Waals surface area (Å²) in [5, 5.41) is 0. The number of unbranched alkanes of at least 4 members (excludes halogenated alkanes) is 10. The molecule has 4 heteroatoms. The van der Waals surface area contributed by atoms with E-state index in [0.717, 1.165) is 12.8 Å². The highest BCUT2D eigenvalue weighted by molar-refractivity contribution is 5.75. The summed E-state index contributed by atoms with van der Waals surface area (Å²) in [6, 6.07) is 0. The van der Waals surface area contributed by atoms with Crippen molar-refractivity contribution in [1.29, 1.82) is 0 Å². The van der Waals surface area contributed by atoms with Gasteiger partial charge in [-0.1, -0.05) is 71.1 Å². The van der Waals surface area contributed by atoms with Gasteiger partial charge in [0.15, 0.2) is 0 Å². The van der Waals surface area contributed by atoms with Gasteiger partial charge < -0.3 is 15.9 Å². The van der Waals surface area contributed by atoms with Crippen molar-refractivity contribution in [1.82, 2.24) is 4.90 Å². The first-order valence-electron chi connectivity index (χ1n) is 7.88. The monoisotopic (exact) mass is 291 g/mol. The molecule has 0 fully saturated rings. The Balaban J connectivity index is -0.00000144. The van der Waals surface area contributed by atoms with Crippen LogP contribution in [0.5, 0.6) is 0 Å². The van der Waals surface area contributed by atoms with Crippen LogP contribution in [0.4, 0.5) is 0 Å². The van der Waals surface area contributed by atoms with Crippen LogP contribution in [0.25, 0.3) is 0 Å². The lowest BCUT2D eigenvalue weighted by atomic mass is 10.1. The summed E-state index contributed by atoms with van der Waals surface area (Å²) in [6.07, 6.45) is 15.4. The van der Waals surface area contributed by atoms with Crippen molar-refractivity contribution in [3.63, 3.8) is 0 Å². The second kappa shape index (κ2) is 18.4. The van der Waals surface area contributed by atoms with Gasteiger partial charge in [-0.2, -0.15) is 0 Å². The lowest BCUT2D eigenvalue weighted by Crippen LogP contribution is -2.20. The predicted molar refractivity (Wildman–Crippen MR) is 87.0 cm³/mol. The first-order valence-corrected chi connectivity index (χ1v) is 7.88. The molecule has 0 aromatic heterocycles. The molecule has 0 rings (SSSR count). The van der Waals surface area contributed by atoms with Crippen LogP contribution in [0.1, 0.15) is 84.0 Å². The molecule has 1 amide bonds. The van der Waals surface area contributed by atoms with Crippen LogP contribution in [0.3, 0.4) is 0 Å². The molecule has 0 aromatic carbocycles. The molecule has 0 aliphatic carbocycles. The standard InChI is InChI=1S/C16H33NO.2H2O/c1-4-5-6-7-8-9-10-11-12-13-14-15-16(18)17(2)3;;/h4-15H2,1-3H3;2*1H2. The van der Waals surface area contributed by atoms with Gasteiger partial charge >= 0.3 is 0 Å². The molecule has 0 unspecified atom stereocenters. The number of carbonyl (C=O) groups excluding carboxylic acids is 1. The molecule has 0 aliphatic rings. The van der Waals surface area contributed by atoms with Gasteiger partial charge in [0.2, 0.25) is 5.91 Å². The minimum atomic E-state index is 0. The van der Waals surface area contributed by atoms with E-state index < -0.39 is 0 Å². The predicted octanol–water partition coefficient (Wildman–Crippen LogP) is 3.13. The maximum atomic E-state index is 11.3. The largest absolute Gasteiger partial charge is 0.412 e. The van der Waals surface area contributed by atoms with E-state index in [1.807, 2.05) is 14.1 Å². The van der Waals surface area contributed by atoms with Crippen LogP contribution in [0, 0.1) is 0 Å². The summed E-state index contributed by atoms with van der Waals surface area (Å²) in [4.78, 5) is 13.0. The fourth-order valence-corrected chi connectivity index (χ4v) is 2.16. The fraction of sp³-hybridized carbons (Fsp3) is 0.938. The number of hydrogen-bond acceptors (Lipinski definition) is 1. The van der Waals surface area contributed by atoms with Crippen LogP contribution < -0.4 is 0 Å². The Hall–Kier alpha value is -0.610. The van der Waals surface area contributed by atoms with E-state index >= 15 is 0 Å². The van der Waals surface area contributed by atoms with Crippen molar-refractivity contribution in [3.8, 4) is 0 Å². The van der Waals surface area contributed by atoms with Gasteiger partial charge in [0.1, 0.15) is 0 Å². The molecule has 0 bridgehead atoms. The maximum Gasteiger partial charge on any atom is 0.222 e. The van der Waals surface area contributed by atoms with Crippen LogP contribution in [0.15, 0.2) is 0 Å². The zero-order valence-corrected chi connectivity index (χ0v) is 13.8. The highest BCUT2D eigenvalue weighted by atomic mass is 16.2. The van der Waals surface area contributed by atoms with Crippen LogP contribution in [-0.4, -0.2) is 35.9 Å². The summed E-state index contributed by atoms with van der Waals surface area (Å²) in [6.45, 7) is 2.26. The minimum absolute atomic E-state index is 0. The Bertz CT molecular complexity index is 196. The molecule has 0 aromatic rings. The first-order chi connectivity index (χ1) is 8.68. The number of nitrogens with zero attached hydrogens (tertiary/aromatic N) is 1. The molecule has 0 heterocycles. The summed E-state index contributed by atoms with van der Waals surface area (Å²) < 4.78 is 0. The van der Waals surface area contributed by atoms with E-state index in [4.69, 9.17) is 0 Å². The Morgan fingerprint density at radius 1 is 0.700 bits per heavy atom. The average Bonchev–Trinajstić information content (AvgIpc) is 2.35. The highest BCUT2D eigenvalue weighted by Gasteiger charge is 2.02. The first kappa shape index (κ1) is 24.4. The summed E-state index contributed by atoms with van der Waals surface area (Å²) >= 11 is 0. The molecule has 124 valence electrons. The lowest BCUT2D eigenvalue weighted by molar-refractivity contribution is -0.128. The van der Waals surface area contributed by atoms with E-state index in [9.17, 15) is 4.79 Å². The van der Waals surface area contributed by atoms with Crippen molar-refractivity contribution < 1.29 is 15.7 Å². The molecule has 0 radical (unpaired) electrons. The van der Waals surface area contributed by atoms with Gasteiger partial charge in [-0.25, -0.2) is 0 Å². The zero-order chi connectivity index (χ0) is 13.6. The average molecular weight is 291 g/mol. The van der Waals surface area contributed by atoms with Gasteiger partial charge in [0.25, 0.3) is 0 Å². The van der Waals surface area contributed by atoms with Crippen molar-refractivity contribution in [2.24, 2.45) is 0 Å². The molecule has 0 saturated heterocycles. The van der Waals surface area contributed by atoms with Crippen LogP contribution in [0.2, 0.25) is 0 Å². The van der Waals surface area contributed by atoms with Gasteiger partial charge in [0, 0.05) is 20.5 Å². The number of hydrogen-bond donors (Lipinski definition) is 0. The van der Waals surface area contributed by atoms with E-state index in [1.54, 1.807) is 4.90 Å². The maximum absolute atomic E-state index is 11.3. The highest BCUT2D eigenvalue weighted by Crippen LogP contribution is 2.12. The third-order valence-corrected chi connectivity index (χ3v) is 3.49. The van der Waals surface area contributed by atoms with Gasteiger partial charge in [-0.05, 0) is 6.42 Å². The number of carbonyl (C=O) groups is 1. The smallest absolute Gasteiger partial charge is 0.222 e. The van der Waals surface area contributed by atoms with Crippen molar-refractivity contribution in [3.05, 3.63) is 0 Å².